The number of likely N-dealkylation sites (tertiary alicyclic amines) is 1. The van der Waals surface area contributed by atoms with Crippen molar-refractivity contribution in [3.05, 3.63) is 0 Å². The highest BCUT2D eigenvalue weighted by atomic mass is 16.2. The molecule has 0 aromatic heterocycles. The molecule has 1 fully saturated rings. The van der Waals surface area contributed by atoms with Gasteiger partial charge in [0.25, 0.3) is 0 Å². The fourth-order valence-electron chi connectivity index (χ4n) is 2.09. The summed E-state index contributed by atoms with van der Waals surface area (Å²) in [5.41, 5.74) is 0. The van der Waals surface area contributed by atoms with Crippen LogP contribution in [0.2, 0.25) is 0 Å². The topological polar surface area (TPSA) is 78.5 Å². The van der Waals surface area contributed by atoms with Crippen molar-refractivity contribution in [2.75, 3.05) is 13.6 Å². The lowest BCUT2D eigenvalue weighted by Gasteiger charge is -2.28. The van der Waals surface area contributed by atoms with Crippen molar-refractivity contribution < 1.29 is 14.4 Å². The third kappa shape index (κ3) is 4.31. The molecule has 2 N–H and O–H groups in total. The Kier molecular flexibility index (Phi) is 5.95. The highest BCUT2D eigenvalue weighted by molar-refractivity contribution is 6.00. The minimum atomic E-state index is -0.435. The summed E-state index contributed by atoms with van der Waals surface area (Å²) in [7, 11) is 1.47. The summed E-state index contributed by atoms with van der Waals surface area (Å²) in [6.07, 6.45) is 2.58. The maximum absolute atomic E-state index is 11.8. The fraction of sp³-hybridized carbons (Fsp3) is 0.769. The lowest BCUT2D eigenvalue weighted by Crippen LogP contribution is -2.53. The van der Waals surface area contributed by atoms with Crippen molar-refractivity contribution >= 4 is 17.7 Å². The van der Waals surface area contributed by atoms with Crippen LogP contribution in [0.15, 0.2) is 0 Å². The van der Waals surface area contributed by atoms with E-state index in [2.05, 4.69) is 10.6 Å². The van der Waals surface area contributed by atoms with E-state index >= 15 is 0 Å². The predicted molar refractivity (Wildman–Crippen MR) is 71.3 cm³/mol. The zero-order chi connectivity index (χ0) is 14.4. The average Bonchev–Trinajstić information content (AvgIpc) is 2.41. The highest BCUT2D eigenvalue weighted by Crippen LogP contribution is 2.10. The van der Waals surface area contributed by atoms with Crippen molar-refractivity contribution in [2.24, 2.45) is 0 Å². The van der Waals surface area contributed by atoms with Gasteiger partial charge in [0.1, 0.15) is 0 Å². The number of imide groups is 1. The van der Waals surface area contributed by atoms with Crippen molar-refractivity contribution in [2.45, 2.75) is 51.6 Å². The summed E-state index contributed by atoms with van der Waals surface area (Å²) < 4.78 is 0. The van der Waals surface area contributed by atoms with Crippen molar-refractivity contribution in [3.8, 4) is 0 Å². The summed E-state index contributed by atoms with van der Waals surface area (Å²) >= 11 is 0. The molecular formula is C13H23N3O3. The van der Waals surface area contributed by atoms with E-state index in [-0.39, 0.29) is 30.3 Å². The molecule has 0 aromatic carbocycles. The third-order valence-electron chi connectivity index (χ3n) is 3.51. The van der Waals surface area contributed by atoms with Crippen LogP contribution in [0.4, 0.5) is 0 Å². The molecular weight excluding hydrogens is 246 g/mol. The van der Waals surface area contributed by atoms with Gasteiger partial charge in [-0.25, -0.2) is 0 Å². The minimum Gasteiger partial charge on any atom is -0.352 e. The van der Waals surface area contributed by atoms with E-state index in [0.717, 1.165) is 17.7 Å². The van der Waals surface area contributed by atoms with Crippen LogP contribution in [0.5, 0.6) is 0 Å². The van der Waals surface area contributed by atoms with Crippen molar-refractivity contribution in [1.29, 1.82) is 0 Å². The SMILES string of the molecule is CCC(CC)NC(=O)CNC1CCC(=O)N(C)C1=O. The quantitative estimate of drug-likeness (QED) is 0.667. The zero-order valence-electron chi connectivity index (χ0n) is 11.9. The Hall–Kier alpha value is -1.43. The first-order valence-corrected chi connectivity index (χ1v) is 6.82. The molecule has 1 saturated heterocycles. The van der Waals surface area contributed by atoms with Gasteiger partial charge in [0.05, 0.1) is 12.6 Å². The lowest BCUT2D eigenvalue weighted by atomic mass is 10.0. The van der Waals surface area contributed by atoms with Gasteiger partial charge in [-0.2, -0.15) is 0 Å². The molecule has 1 rings (SSSR count). The summed E-state index contributed by atoms with van der Waals surface area (Å²) in [6.45, 7) is 4.15. The van der Waals surface area contributed by atoms with E-state index < -0.39 is 6.04 Å². The Morgan fingerprint density at radius 2 is 2.00 bits per heavy atom. The predicted octanol–water partition coefficient (Wildman–Crippen LogP) is 0.0282. The number of hydrogen-bond acceptors (Lipinski definition) is 4. The Bertz CT molecular complexity index is 353. The van der Waals surface area contributed by atoms with E-state index in [1.54, 1.807) is 0 Å². The largest absolute Gasteiger partial charge is 0.352 e. The Labute approximate surface area is 113 Å². The number of carbonyl (C=O) groups excluding carboxylic acids is 3. The second-order valence-corrected chi connectivity index (χ2v) is 4.84. The molecule has 108 valence electrons. The molecule has 0 bridgehead atoms. The number of piperidine rings is 1. The molecule has 1 heterocycles. The monoisotopic (exact) mass is 269 g/mol. The molecule has 1 aliphatic heterocycles. The number of carbonyl (C=O) groups is 3. The number of amides is 3. The molecule has 0 saturated carbocycles. The highest BCUT2D eigenvalue weighted by Gasteiger charge is 2.31. The standard InChI is InChI=1S/C13H23N3O3/c1-4-9(5-2)15-11(17)8-14-10-6-7-12(18)16(3)13(10)19/h9-10,14H,4-8H2,1-3H3,(H,15,17). The summed E-state index contributed by atoms with van der Waals surface area (Å²) in [6, 6.07) is -0.254. The van der Waals surface area contributed by atoms with Crippen LogP contribution in [-0.2, 0) is 14.4 Å². The van der Waals surface area contributed by atoms with Crippen LogP contribution in [0.1, 0.15) is 39.5 Å². The Morgan fingerprint density at radius 3 is 2.58 bits per heavy atom. The van der Waals surface area contributed by atoms with Crippen LogP contribution in [0.25, 0.3) is 0 Å². The van der Waals surface area contributed by atoms with Gasteiger partial charge >= 0.3 is 0 Å². The van der Waals surface area contributed by atoms with Gasteiger partial charge in [-0.3, -0.25) is 24.6 Å². The first-order valence-electron chi connectivity index (χ1n) is 6.82. The normalized spacial score (nSPS) is 20.0. The first-order chi connectivity index (χ1) is 8.99. The molecule has 1 unspecified atom stereocenters. The Balaban J connectivity index is 2.38. The second kappa shape index (κ2) is 7.23. The van der Waals surface area contributed by atoms with Gasteiger partial charge in [0, 0.05) is 19.5 Å². The maximum atomic E-state index is 11.8. The van der Waals surface area contributed by atoms with Gasteiger partial charge in [0.2, 0.25) is 17.7 Å². The molecule has 6 nitrogen and oxygen atoms in total. The van der Waals surface area contributed by atoms with E-state index in [1.165, 1.54) is 7.05 Å². The molecule has 0 aromatic rings. The van der Waals surface area contributed by atoms with Crippen LogP contribution >= 0.6 is 0 Å². The molecule has 1 atom stereocenters. The van der Waals surface area contributed by atoms with E-state index in [0.29, 0.717) is 12.8 Å². The summed E-state index contributed by atoms with van der Waals surface area (Å²) in [4.78, 5) is 35.9. The second-order valence-electron chi connectivity index (χ2n) is 4.84. The van der Waals surface area contributed by atoms with E-state index in [4.69, 9.17) is 0 Å². The van der Waals surface area contributed by atoms with Gasteiger partial charge in [0.15, 0.2) is 0 Å². The fourth-order valence-corrected chi connectivity index (χ4v) is 2.09. The smallest absolute Gasteiger partial charge is 0.246 e. The average molecular weight is 269 g/mol. The minimum absolute atomic E-state index is 0.106. The molecule has 19 heavy (non-hydrogen) atoms. The van der Waals surface area contributed by atoms with Gasteiger partial charge in [-0.1, -0.05) is 13.8 Å². The molecule has 3 amide bonds. The molecule has 1 aliphatic rings. The summed E-state index contributed by atoms with van der Waals surface area (Å²) in [5, 5.41) is 5.82. The van der Waals surface area contributed by atoms with Gasteiger partial charge in [-0.05, 0) is 19.3 Å². The first kappa shape index (κ1) is 15.6. The third-order valence-corrected chi connectivity index (χ3v) is 3.51. The summed E-state index contributed by atoms with van der Waals surface area (Å²) in [5.74, 6) is -0.530. The number of nitrogens with one attached hydrogen (secondary N) is 2. The molecule has 0 spiro atoms. The maximum Gasteiger partial charge on any atom is 0.246 e. The molecule has 0 aliphatic carbocycles. The number of rotatable bonds is 6. The van der Waals surface area contributed by atoms with Crippen LogP contribution in [-0.4, -0.2) is 48.3 Å². The Morgan fingerprint density at radius 1 is 1.37 bits per heavy atom. The van der Waals surface area contributed by atoms with Crippen LogP contribution < -0.4 is 10.6 Å². The van der Waals surface area contributed by atoms with Crippen molar-refractivity contribution in [3.63, 3.8) is 0 Å². The molecule has 0 radical (unpaired) electrons. The van der Waals surface area contributed by atoms with Crippen LogP contribution in [0.3, 0.4) is 0 Å². The number of nitrogens with zero attached hydrogens (tertiary/aromatic N) is 1. The molecule has 6 heteroatoms. The van der Waals surface area contributed by atoms with Gasteiger partial charge < -0.3 is 5.32 Å². The zero-order valence-corrected chi connectivity index (χ0v) is 11.9. The number of hydrogen-bond donors (Lipinski definition) is 2. The van der Waals surface area contributed by atoms with Crippen LogP contribution in [0, 0.1) is 0 Å². The number of likely N-dealkylation sites (N-methyl/N-ethyl adjacent to an activating group) is 1. The lowest BCUT2D eigenvalue weighted by molar-refractivity contribution is -0.148. The van der Waals surface area contributed by atoms with E-state index in [9.17, 15) is 14.4 Å². The van der Waals surface area contributed by atoms with Crippen molar-refractivity contribution in [1.82, 2.24) is 15.5 Å². The van der Waals surface area contributed by atoms with Gasteiger partial charge in [-0.15, -0.1) is 0 Å². The van der Waals surface area contributed by atoms with E-state index in [1.807, 2.05) is 13.8 Å².